The van der Waals surface area contributed by atoms with Crippen LogP contribution in [0, 0.1) is 0 Å². The summed E-state index contributed by atoms with van der Waals surface area (Å²) in [5, 5.41) is 6.31. The highest BCUT2D eigenvalue weighted by Gasteiger charge is 2.08. The van der Waals surface area contributed by atoms with Crippen molar-refractivity contribution in [2.75, 3.05) is 18.4 Å². The van der Waals surface area contributed by atoms with Crippen molar-refractivity contribution in [3.8, 4) is 0 Å². The summed E-state index contributed by atoms with van der Waals surface area (Å²) in [5.41, 5.74) is 4.00. The van der Waals surface area contributed by atoms with Crippen molar-refractivity contribution in [2.45, 2.75) is 32.6 Å². The first-order valence-electron chi connectivity index (χ1n) is 6.42. The predicted octanol–water partition coefficient (Wildman–Crippen LogP) is 2.11. The quantitative estimate of drug-likeness (QED) is 0.835. The third-order valence-corrected chi connectivity index (χ3v) is 3.16. The first kappa shape index (κ1) is 12.0. The van der Waals surface area contributed by atoms with Crippen molar-refractivity contribution >= 4 is 11.6 Å². The molecule has 0 saturated carbocycles. The highest BCUT2D eigenvalue weighted by molar-refractivity contribution is 5.75. The molecule has 1 aromatic carbocycles. The molecule has 0 bridgehead atoms. The topological polar surface area (TPSA) is 41.1 Å². The fourth-order valence-electron chi connectivity index (χ4n) is 2.16. The van der Waals surface area contributed by atoms with Crippen LogP contribution in [0.15, 0.2) is 18.2 Å². The van der Waals surface area contributed by atoms with Gasteiger partial charge in [0.2, 0.25) is 5.91 Å². The van der Waals surface area contributed by atoms with Crippen LogP contribution in [0.2, 0.25) is 0 Å². The van der Waals surface area contributed by atoms with Crippen LogP contribution >= 0.6 is 0 Å². The Morgan fingerprint density at radius 1 is 1.47 bits per heavy atom. The standard InChI is InChI=1S/C14H20N2O/c1-2-14(17)16-9-7-11-5-6-13-12(10-11)4-3-8-15-13/h5-6,10,15H,2-4,7-9H2,1H3,(H,16,17). The molecule has 2 N–H and O–H groups in total. The van der Waals surface area contributed by atoms with Crippen LogP contribution in [0.3, 0.4) is 0 Å². The summed E-state index contributed by atoms with van der Waals surface area (Å²) in [6.07, 6.45) is 3.85. The molecule has 0 aliphatic carbocycles. The second kappa shape index (κ2) is 5.71. The van der Waals surface area contributed by atoms with Gasteiger partial charge in [-0.2, -0.15) is 0 Å². The molecule has 17 heavy (non-hydrogen) atoms. The van der Waals surface area contributed by atoms with Crippen LogP contribution in [-0.4, -0.2) is 19.0 Å². The molecule has 1 heterocycles. The van der Waals surface area contributed by atoms with E-state index in [0.29, 0.717) is 6.42 Å². The molecular formula is C14H20N2O. The third kappa shape index (κ3) is 3.22. The molecule has 3 nitrogen and oxygen atoms in total. The van der Waals surface area contributed by atoms with Crippen LogP contribution in [0.4, 0.5) is 5.69 Å². The van der Waals surface area contributed by atoms with Gasteiger partial charge in [0, 0.05) is 25.2 Å². The number of hydrogen-bond acceptors (Lipinski definition) is 2. The third-order valence-electron chi connectivity index (χ3n) is 3.16. The molecular weight excluding hydrogens is 212 g/mol. The van der Waals surface area contributed by atoms with Crippen molar-refractivity contribution in [1.29, 1.82) is 0 Å². The second-order valence-electron chi connectivity index (χ2n) is 4.48. The van der Waals surface area contributed by atoms with Gasteiger partial charge < -0.3 is 10.6 Å². The van der Waals surface area contributed by atoms with Crippen molar-refractivity contribution < 1.29 is 4.79 Å². The maximum atomic E-state index is 11.1. The number of amides is 1. The molecule has 0 unspecified atom stereocenters. The Bertz CT molecular complexity index is 401. The zero-order chi connectivity index (χ0) is 12.1. The maximum absolute atomic E-state index is 11.1. The second-order valence-corrected chi connectivity index (χ2v) is 4.48. The van der Waals surface area contributed by atoms with Gasteiger partial charge in [0.05, 0.1) is 0 Å². The minimum atomic E-state index is 0.129. The molecule has 0 fully saturated rings. The van der Waals surface area contributed by atoms with Gasteiger partial charge in [-0.3, -0.25) is 4.79 Å². The van der Waals surface area contributed by atoms with E-state index in [-0.39, 0.29) is 5.91 Å². The lowest BCUT2D eigenvalue weighted by Gasteiger charge is -2.18. The molecule has 0 atom stereocenters. The van der Waals surface area contributed by atoms with Gasteiger partial charge in [0.1, 0.15) is 0 Å². The number of benzene rings is 1. The van der Waals surface area contributed by atoms with E-state index in [9.17, 15) is 4.79 Å². The summed E-state index contributed by atoms with van der Waals surface area (Å²) in [7, 11) is 0. The highest BCUT2D eigenvalue weighted by atomic mass is 16.1. The summed E-state index contributed by atoms with van der Waals surface area (Å²) in [6, 6.07) is 6.57. The smallest absolute Gasteiger partial charge is 0.219 e. The van der Waals surface area contributed by atoms with Crippen molar-refractivity contribution in [2.24, 2.45) is 0 Å². The SMILES string of the molecule is CCC(=O)NCCc1ccc2c(c1)CCCN2. The Morgan fingerprint density at radius 3 is 3.18 bits per heavy atom. The number of nitrogens with one attached hydrogen (secondary N) is 2. The predicted molar refractivity (Wildman–Crippen MR) is 70.3 cm³/mol. The van der Waals surface area contributed by atoms with Crippen molar-refractivity contribution in [3.05, 3.63) is 29.3 Å². The molecule has 0 aromatic heterocycles. The first-order valence-corrected chi connectivity index (χ1v) is 6.42. The van der Waals surface area contributed by atoms with E-state index < -0.39 is 0 Å². The van der Waals surface area contributed by atoms with Gasteiger partial charge in [0.25, 0.3) is 0 Å². The summed E-state index contributed by atoms with van der Waals surface area (Å²) < 4.78 is 0. The number of aryl methyl sites for hydroxylation is 1. The molecule has 2 rings (SSSR count). The molecule has 3 heteroatoms. The van der Waals surface area contributed by atoms with Gasteiger partial charge in [0.15, 0.2) is 0 Å². The fraction of sp³-hybridized carbons (Fsp3) is 0.500. The minimum Gasteiger partial charge on any atom is -0.385 e. The number of carbonyl (C=O) groups excluding carboxylic acids is 1. The lowest BCUT2D eigenvalue weighted by Crippen LogP contribution is -2.24. The summed E-state index contributed by atoms with van der Waals surface area (Å²) in [4.78, 5) is 11.1. The molecule has 0 spiro atoms. The van der Waals surface area contributed by atoms with E-state index in [1.165, 1.54) is 23.2 Å². The monoisotopic (exact) mass is 232 g/mol. The van der Waals surface area contributed by atoms with Crippen molar-refractivity contribution in [1.82, 2.24) is 5.32 Å². The lowest BCUT2D eigenvalue weighted by molar-refractivity contribution is -0.120. The maximum Gasteiger partial charge on any atom is 0.219 e. The number of anilines is 1. The Hall–Kier alpha value is -1.51. The summed E-state index contributed by atoms with van der Waals surface area (Å²) in [6.45, 7) is 3.69. The number of rotatable bonds is 4. The fourth-order valence-corrected chi connectivity index (χ4v) is 2.16. The van der Waals surface area contributed by atoms with Crippen molar-refractivity contribution in [3.63, 3.8) is 0 Å². The Balaban J connectivity index is 1.91. The van der Waals surface area contributed by atoms with E-state index in [2.05, 4.69) is 28.8 Å². The minimum absolute atomic E-state index is 0.129. The molecule has 1 aromatic rings. The van der Waals surface area contributed by atoms with Crippen LogP contribution in [0.5, 0.6) is 0 Å². The average Bonchev–Trinajstić information content (AvgIpc) is 2.38. The van der Waals surface area contributed by atoms with Crippen LogP contribution in [0.25, 0.3) is 0 Å². The molecule has 0 radical (unpaired) electrons. The Morgan fingerprint density at radius 2 is 2.35 bits per heavy atom. The van der Waals surface area contributed by atoms with E-state index in [4.69, 9.17) is 0 Å². The summed E-state index contributed by atoms with van der Waals surface area (Å²) in [5.74, 6) is 0.129. The molecule has 0 saturated heterocycles. The van der Waals surface area contributed by atoms with Gasteiger partial charge in [-0.1, -0.05) is 19.1 Å². The normalized spacial score (nSPS) is 13.7. The van der Waals surface area contributed by atoms with Crippen LogP contribution in [0.1, 0.15) is 30.9 Å². The number of fused-ring (bicyclic) bond motifs is 1. The molecule has 1 aliphatic rings. The highest BCUT2D eigenvalue weighted by Crippen LogP contribution is 2.22. The van der Waals surface area contributed by atoms with Crippen LogP contribution < -0.4 is 10.6 Å². The zero-order valence-electron chi connectivity index (χ0n) is 10.4. The number of carbonyl (C=O) groups is 1. The summed E-state index contributed by atoms with van der Waals surface area (Å²) >= 11 is 0. The zero-order valence-corrected chi connectivity index (χ0v) is 10.4. The Labute approximate surface area is 103 Å². The van der Waals surface area contributed by atoms with E-state index in [1.54, 1.807) is 0 Å². The van der Waals surface area contributed by atoms with Gasteiger partial charge in [-0.25, -0.2) is 0 Å². The van der Waals surface area contributed by atoms with Gasteiger partial charge >= 0.3 is 0 Å². The van der Waals surface area contributed by atoms with Crippen LogP contribution in [-0.2, 0) is 17.6 Å². The van der Waals surface area contributed by atoms with Gasteiger partial charge in [-0.05, 0) is 36.5 Å². The van der Waals surface area contributed by atoms with E-state index >= 15 is 0 Å². The van der Waals surface area contributed by atoms with E-state index in [1.807, 2.05) is 6.92 Å². The molecule has 1 amide bonds. The van der Waals surface area contributed by atoms with E-state index in [0.717, 1.165) is 25.9 Å². The molecule has 92 valence electrons. The lowest BCUT2D eigenvalue weighted by atomic mass is 9.99. The largest absolute Gasteiger partial charge is 0.385 e. The first-order chi connectivity index (χ1) is 8.29. The number of hydrogen-bond donors (Lipinski definition) is 2. The Kier molecular flexibility index (Phi) is 4.02. The molecule has 1 aliphatic heterocycles. The average molecular weight is 232 g/mol. The van der Waals surface area contributed by atoms with Gasteiger partial charge in [-0.15, -0.1) is 0 Å².